The zero-order valence-corrected chi connectivity index (χ0v) is 10.8. The van der Waals surface area contributed by atoms with E-state index in [4.69, 9.17) is 0 Å². The van der Waals surface area contributed by atoms with Gasteiger partial charge in [0.05, 0.1) is 13.5 Å². The van der Waals surface area contributed by atoms with Crippen LogP contribution in [-0.2, 0) is 9.53 Å². The Morgan fingerprint density at radius 2 is 2.41 bits per heavy atom. The second-order valence-electron chi connectivity index (χ2n) is 3.34. The fraction of sp³-hybridized carbons (Fsp3) is 0.300. The third kappa shape index (κ3) is 2.94. The van der Waals surface area contributed by atoms with Crippen molar-refractivity contribution in [3.63, 3.8) is 0 Å². The Morgan fingerprint density at radius 1 is 1.59 bits per heavy atom. The highest BCUT2D eigenvalue weighted by Crippen LogP contribution is 2.11. The summed E-state index contributed by atoms with van der Waals surface area (Å²) in [7, 11) is 1.36. The first kappa shape index (κ1) is 11.8. The first-order valence-corrected chi connectivity index (χ1v) is 5.81. The van der Waals surface area contributed by atoms with Crippen molar-refractivity contribution in [1.82, 2.24) is 14.6 Å². The summed E-state index contributed by atoms with van der Waals surface area (Å²) in [5, 5.41) is 7.17. The monoisotopic (exact) mass is 298 g/mol. The van der Waals surface area contributed by atoms with E-state index < -0.39 is 0 Å². The summed E-state index contributed by atoms with van der Waals surface area (Å²) in [4.78, 5) is 15.1. The van der Waals surface area contributed by atoms with Crippen molar-refractivity contribution in [2.75, 3.05) is 19.0 Å². The van der Waals surface area contributed by atoms with Crippen molar-refractivity contribution in [3.8, 4) is 0 Å². The molecule has 0 spiro atoms. The van der Waals surface area contributed by atoms with Crippen molar-refractivity contribution in [2.45, 2.75) is 6.42 Å². The van der Waals surface area contributed by atoms with Gasteiger partial charge in [-0.25, -0.2) is 4.52 Å². The largest absolute Gasteiger partial charge is 0.469 e. The van der Waals surface area contributed by atoms with Crippen molar-refractivity contribution >= 4 is 33.5 Å². The Balaban J connectivity index is 2.02. The van der Waals surface area contributed by atoms with Crippen LogP contribution >= 0.6 is 15.9 Å². The zero-order valence-electron chi connectivity index (χ0n) is 9.18. The number of halogens is 1. The lowest BCUT2D eigenvalue weighted by molar-refractivity contribution is -0.140. The molecule has 17 heavy (non-hydrogen) atoms. The SMILES string of the molecule is COC(=O)CCNc1nc2ccc(Br)cn2n1. The van der Waals surface area contributed by atoms with Gasteiger partial charge in [0.15, 0.2) is 5.65 Å². The fourth-order valence-corrected chi connectivity index (χ4v) is 1.64. The number of fused-ring (bicyclic) bond motifs is 1. The molecule has 0 aliphatic heterocycles. The molecule has 0 unspecified atom stereocenters. The lowest BCUT2D eigenvalue weighted by Crippen LogP contribution is -2.10. The smallest absolute Gasteiger partial charge is 0.307 e. The number of esters is 1. The van der Waals surface area contributed by atoms with Gasteiger partial charge < -0.3 is 10.1 Å². The lowest BCUT2D eigenvalue weighted by Gasteiger charge is -1.99. The van der Waals surface area contributed by atoms with Crippen LogP contribution in [0.1, 0.15) is 6.42 Å². The van der Waals surface area contributed by atoms with Gasteiger partial charge in [0.2, 0.25) is 5.95 Å². The Bertz CT molecular complexity index is 540. The standard InChI is InChI=1S/C10H11BrN4O2/c1-17-9(16)4-5-12-10-13-8-3-2-7(11)6-15(8)14-10/h2-3,6H,4-5H2,1H3,(H,12,14). The Labute approximate surface area is 106 Å². The molecule has 0 fully saturated rings. The van der Waals surface area contributed by atoms with E-state index in [1.807, 2.05) is 18.3 Å². The highest BCUT2D eigenvalue weighted by molar-refractivity contribution is 9.10. The number of nitrogens with zero attached hydrogens (tertiary/aromatic N) is 3. The number of ether oxygens (including phenoxy) is 1. The van der Waals surface area contributed by atoms with E-state index >= 15 is 0 Å². The summed E-state index contributed by atoms with van der Waals surface area (Å²) < 4.78 is 7.12. The van der Waals surface area contributed by atoms with E-state index in [2.05, 4.69) is 36.1 Å². The molecule has 0 amide bonds. The second kappa shape index (κ2) is 5.13. The summed E-state index contributed by atoms with van der Waals surface area (Å²) in [6.07, 6.45) is 2.10. The number of pyridine rings is 1. The molecule has 7 heteroatoms. The molecule has 90 valence electrons. The van der Waals surface area contributed by atoms with Gasteiger partial charge in [-0.15, -0.1) is 5.10 Å². The Kier molecular flexibility index (Phi) is 3.58. The molecule has 0 aliphatic rings. The number of nitrogens with one attached hydrogen (secondary N) is 1. The molecular weight excluding hydrogens is 288 g/mol. The third-order valence-electron chi connectivity index (χ3n) is 2.13. The maximum Gasteiger partial charge on any atom is 0.307 e. The molecule has 2 rings (SSSR count). The number of hydrogen-bond acceptors (Lipinski definition) is 5. The summed E-state index contributed by atoms with van der Waals surface area (Å²) >= 11 is 3.35. The topological polar surface area (TPSA) is 68.5 Å². The third-order valence-corrected chi connectivity index (χ3v) is 2.60. The van der Waals surface area contributed by atoms with Gasteiger partial charge in [-0.2, -0.15) is 4.98 Å². The van der Waals surface area contributed by atoms with E-state index in [0.29, 0.717) is 12.5 Å². The summed E-state index contributed by atoms with van der Waals surface area (Å²) in [6, 6.07) is 3.74. The van der Waals surface area contributed by atoms with E-state index in [1.54, 1.807) is 4.52 Å². The number of anilines is 1. The molecule has 0 saturated heterocycles. The molecule has 0 radical (unpaired) electrons. The number of methoxy groups -OCH3 is 1. The van der Waals surface area contributed by atoms with E-state index in [9.17, 15) is 4.79 Å². The van der Waals surface area contributed by atoms with E-state index in [1.165, 1.54) is 7.11 Å². The minimum atomic E-state index is -0.260. The lowest BCUT2D eigenvalue weighted by atomic mass is 10.4. The molecular formula is C10H11BrN4O2. The molecule has 6 nitrogen and oxygen atoms in total. The highest BCUT2D eigenvalue weighted by atomic mass is 79.9. The average molecular weight is 299 g/mol. The van der Waals surface area contributed by atoms with E-state index in [0.717, 1.165) is 10.1 Å². The molecule has 0 aromatic carbocycles. The number of hydrogen-bond donors (Lipinski definition) is 1. The molecule has 0 aliphatic carbocycles. The molecule has 2 heterocycles. The molecule has 0 atom stereocenters. The maximum atomic E-state index is 10.9. The van der Waals surface area contributed by atoms with Crippen LogP contribution in [0.5, 0.6) is 0 Å². The number of aromatic nitrogens is 3. The summed E-state index contributed by atoms with van der Waals surface area (Å²) in [5.74, 6) is 0.232. The van der Waals surface area contributed by atoms with Gasteiger partial charge in [-0.3, -0.25) is 4.79 Å². The molecule has 2 aromatic heterocycles. The molecule has 2 aromatic rings. The first-order valence-electron chi connectivity index (χ1n) is 5.01. The average Bonchev–Trinajstić information content (AvgIpc) is 2.70. The van der Waals surface area contributed by atoms with Crippen molar-refractivity contribution in [3.05, 3.63) is 22.8 Å². The summed E-state index contributed by atoms with van der Waals surface area (Å²) in [6.45, 7) is 0.449. The van der Waals surface area contributed by atoms with Crippen LogP contribution in [0.3, 0.4) is 0 Å². The Hall–Kier alpha value is -1.63. The van der Waals surface area contributed by atoms with Crippen LogP contribution in [0.15, 0.2) is 22.8 Å². The fourth-order valence-electron chi connectivity index (χ4n) is 1.31. The van der Waals surface area contributed by atoms with Gasteiger partial charge in [0.1, 0.15) is 0 Å². The van der Waals surface area contributed by atoms with Crippen LogP contribution < -0.4 is 5.32 Å². The predicted molar refractivity (Wildman–Crippen MR) is 65.8 cm³/mol. The number of carbonyl (C=O) groups excluding carboxylic acids is 1. The molecule has 1 N–H and O–H groups in total. The van der Waals surface area contributed by atoms with Crippen LogP contribution in [-0.4, -0.2) is 34.2 Å². The number of rotatable bonds is 4. The molecule has 0 saturated carbocycles. The van der Waals surface area contributed by atoms with E-state index in [-0.39, 0.29) is 12.4 Å². The van der Waals surface area contributed by atoms with Gasteiger partial charge in [0.25, 0.3) is 0 Å². The van der Waals surface area contributed by atoms with Gasteiger partial charge >= 0.3 is 5.97 Å². The van der Waals surface area contributed by atoms with Crippen LogP contribution in [0.2, 0.25) is 0 Å². The van der Waals surface area contributed by atoms with Crippen LogP contribution in [0, 0.1) is 0 Å². The minimum absolute atomic E-state index is 0.260. The first-order chi connectivity index (χ1) is 8.19. The minimum Gasteiger partial charge on any atom is -0.469 e. The number of carbonyl (C=O) groups is 1. The maximum absolute atomic E-state index is 10.9. The summed E-state index contributed by atoms with van der Waals surface area (Å²) in [5.41, 5.74) is 0.744. The molecule has 0 bridgehead atoms. The van der Waals surface area contributed by atoms with Crippen molar-refractivity contribution in [1.29, 1.82) is 0 Å². The van der Waals surface area contributed by atoms with Crippen molar-refractivity contribution in [2.24, 2.45) is 0 Å². The van der Waals surface area contributed by atoms with Gasteiger partial charge in [0, 0.05) is 17.2 Å². The van der Waals surface area contributed by atoms with Crippen LogP contribution in [0.25, 0.3) is 5.65 Å². The Morgan fingerprint density at radius 3 is 3.18 bits per heavy atom. The highest BCUT2D eigenvalue weighted by Gasteiger charge is 2.04. The van der Waals surface area contributed by atoms with Crippen molar-refractivity contribution < 1.29 is 9.53 Å². The van der Waals surface area contributed by atoms with Gasteiger partial charge in [-0.1, -0.05) is 0 Å². The second-order valence-corrected chi connectivity index (χ2v) is 4.25. The zero-order chi connectivity index (χ0) is 12.3. The van der Waals surface area contributed by atoms with Crippen LogP contribution in [0.4, 0.5) is 5.95 Å². The van der Waals surface area contributed by atoms with Gasteiger partial charge in [-0.05, 0) is 28.1 Å². The normalized spacial score (nSPS) is 10.5. The predicted octanol–water partition coefficient (Wildman–Crippen LogP) is 1.47. The quantitative estimate of drug-likeness (QED) is 0.866.